The zero-order valence-electron chi connectivity index (χ0n) is 15.1. The van der Waals surface area contributed by atoms with Gasteiger partial charge in [-0.1, -0.05) is 18.2 Å². The van der Waals surface area contributed by atoms with Crippen molar-refractivity contribution in [3.8, 4) is 5.75 Å². The number of fused-ring (bicyclic) bond motifs is 4. The van der Waals surface area contributed by atoms with E-state index in [4.69, 9.17) is 4.74 Å². The summed E-state index contributed by atoms with van der Waals surface area (Å²) >= 11 is 0. The third-order valence-corrected chi connectivity index (χ3v) is 5.42. The molecule has 6 nitrogen and oxygen atoms in total. The van der Waals surface area contributed by atoms with Crippen LogP contribution in [0.15, 0.2) is 24.3 Å². The molecule has 0 spiro atoms. The minimum atomic E-state index is -0.834. The molecule has 2 amide bonds. The van der Waals surface area contributed by atoms with Crippen LogP contribution in [0.2, 0.25) is 0 Å². The van der Waals surface area contributed by atoms with Crippen molar-refractivity contribution < 1.29 is 19.4 Å². The van der Waals surface area contributed by atoms with E-state index in [0.29, 0.717) is 25.3 Å². The van der Waals surface area contributed by atoms with Crippen molar-refractivity contribution in [1.29, 1.82) is 0 Å². The van der Waals surface area contributed by atoms with Gasteiger partial charge in [-0.25, -0.2) is 0 Å². The lowest BCUT2D eigenvalue weighted by atomic mass is 9.73. The molecule has 0 aliphatic carbocycles. The van der Waals surface area contributed by atoms with Crippen LogP contribution in [0.4, 0.5) is 0 Å². The summed E-state index contributed by atoms with van der Waals surface area (Å²) < 4.78 is 6.14. The highest BCUT2D eigenvalue weighted by Crippen LogP contribution is 2.50. The molecule has 2 aliphatic heterocycles. The van der Waals surface area contributed by atoms with Crippen molar-refractivity contribution in [3.63, 3.8) is 0 Å². The van der Waals surface area contributed by atoms with E-state index < -0.39 is 11.6 Å². The van der Waals surface area contributed by atoms with Gasteiger partial charge in [-0.15, -0.1) is 0 Å². The quantitative estimate of drug-likeness (QED) is 0.822. The fourth-order valence-electron chi connectivity index (χ4n) is 4.17. The van der Waals surface area contributed by atoms with E-state index in [2.05, 4.69) is 0 Å². The molecule has 2 aliphatic rings. The number of para-hydroxylation sites is 1. The van der Waals surface area contributed by atoms with Gasteiger partial charge < -0.3 is 19.6 Å². The van der Waals surface area contributed by atoms with Crippen LogP contribution in [0, 0.1) is 5.92 Å². The number of rotatable bonds is 5. The molecule has 2 bridgehead atoms. The number of nitrogens with zero attached hydrogens (tertiary/aromatic N) is 2. The van der Waals surface area contributed by atoms with Crippen molar-refractivity contribution >= 4 is 11.8 Å². The fourth-order valence-corrected chi connectivity index (χ4v) is 4.17. The first-order valence-electron chi connectivity index (χ1n) is 8.95. The molecule has 2 heterocycles. The summed E-state index contributed by atoms with van der Waals surface area (Å²) in [6.45, 7) is 6.84. The van der Waals surface area contributed by atoms with Crippen LogP contribution in [0.5, 0.6) is 5.75 Å². The normalized spacial score (nSPS) is 27.5. The van der Waals surface area contributed by atoms with Crippen LogP contribution in [-0.4, -0.2) is 58.7 Å². The van der Waals surface area contributed by atoms with Crippen LogP contribution in [0.3, 0.4) is 0 Å². The highest BCUT2D eigenvalue weighted by molar-refractivity contribution is 6.02. The largest absolute Gasteiger partial charge is 0.468 e. The third-order valence-electron chi connectivity index (χ3n) is 5.42. The number of aliphatic hydroxyl groups excluding tert-OH is 1. The topological polar surface area (TPSA) is 70.1 Å². The van der Waals surface area contributed by atoms with E-state index in [1.54, 1.807) is 4.90 Å². The first-order valence-corrected chi connectivity index (χ1v) is 8.95. The minimum absolute atomic E-state index is 0.137. The van der Waals surface area contributed by atoms with Gasteiger partial charge in [0.2, 0.25) is 11.8 Å². The van der Waals surface area contributed by atoms with Crippen molar-refractivity contribution in [1.82, 2.24) is 9.80 Å². The van der Waals surface area contributed by atoms with E-state index in [9.17, 15) is 14.7 Å². The highest BCUT2D eigenvalue weighted by Gasteiger charge is 2.56. The van der Waals surface area contributed by atoms with Crippen LogP contribution >= 0.6 is 0 Å². The van der Waals surface area contributed by atoms with Crippen molar-refractivity contribution in [3.05, 3.63) is 29.8 Å². The van der Waals surface area contributed by atoms with Gasteiger partial charge >= 0.3 is 0 Å². The summed E-state index contributed by atoms with van der Waals surface area (Å²) in [5.74, 6) is -0.634. The first kappa shape index (κ1) is 17.7. The van der Waals surface area contributed by atoms with Gasteiger partial charge in [0.05, 0.1) is 6.61 Å². The Morgan fingerprint density at radius 2 is 2.04 bits per heavy atom. The van der Waals surface area contributed by atoms with Crippen LogP contribution < -0.4 is 4.74 Å². The Morgan fingerprint density at radius 3 is 2.68 bits per heavy atom. The number of amides is 2. The lowest BCUT2D eigenvalue weighted by Gasteiger charge is -2.53. The van der Waals surface area contributed by atoms with E-state index in [1.165, 1.54) is 4.90 Å². The molecule has 3 atom stereocenters. The van der Waals surface area contributed by atoms with Crippen LogP contribution in [0.1, 0.15) is 38.7 Å². The molecule has 25 heavy (non-hydrogen) atoms. The maximum atomic E-state index is 13.2. The summed E-state index contributed by atoms with van der Waals surface area (Å²) in [5.41, 5.74) is 0.0845. The average molecular weight is 346 g/mol. The number of aliphatic hydroxyl groups is 1. The van der Waals surface area contributed by atoms with Gasteiger partial charge in [0.15, 0.2) is 5.72 Å². The van der Waals surface area contributed by atoms with Crippen LogP contribution in [0.25, 0.3) is 0 Å². The number of carbonyl (C=O) groups is 2. The molecule has 0 saturated carbocycles. The molecule has 6 heteroatoms. The molecule has 136 valence electrons. The lowest BCUT2D eigenvalue weighted by Crippen LogP contribution is -2.65. The molecule has 0 aromatic heterocycles. The fraction of sp³-hybridized carbons (Fsp3) is 0.579. The second-order valence-electron chi connectivity index (χ2n) is 6.83. The second-order valence-corrected chi connectivity index (χ2v) is 6.83. The van der Waals surface area contributed by atoms with Gasteiger partial charge in [-0.05, 0) is 32.4 Å². The summed E-state index contributed by atoms with van der Waals surface area (Å²) in [4.78, 5) is 29.6. The molecule has 1 aromatic carbocycles. The SMILES string of the molecule is CCN(CC)C(=O)[C@@H]1C(=O)N(CCO)[C@]2(C)C[C@@H]1c1ccccc1O2. The van der Waals surface area contributed by atoms with Gasteiger partial charge in [0.1, 0.15) is 11.7 Å². The Hall–Kier alpha value is -2.08. The molecule has 1 fully saturated rings. The average Bonchev–Trinajstić information content (AvgIpc) is 2.59. The smallest absolute Gasteiger partial charge is 0.238 e. The van der Waals surface area contributed by atoms with E-state index in [0.717, 1.165) is 5.56 Å². The number of likely N-dealkylation sites (tertiary alicyclic amines) is 1. The Kier molecular flexibility index (Phi) is 4.73. The second kappa shape index (κ2) is 6.67. The van der Waals surface area contributed by atoms with E-state index >= 15 is 0 Å². The number of carbonyl (C=O) groups excluding carboxylic acids is 2. The number of ether oxygens (including phenoxy) is 1. The molecule has 1 N–H and O–H groups in total. The maximum Gasteiger partial charge on any atom is 0.238 e. The molecule has 0 unspecified atom stereocenters. The minimum Gasteiger partial charge on any atom is -0.468 e. The summed E-state index contributed by atoms with van der Waals surface area (Å²) in [7, 11) is 0. The number of hydrogen-bond donors (Lipinski definition) is 1. The van der Waals surface area contributed by atoms with Crippen molar-refractivity contribution in [2.75, 3.05) is 26.2 Å². The number of hydrogen-bond acceptors (Lipinski definition) is 4. The molecule has 3 rings (SSSR count). The van der Waals surface area contributed by atoms with E-state index in [-0.39, 0.29) is 30.9 Å². The van der Waals surface area contributed by atoms with Gasteiger partial charge in [-0.3, -0.25) is 9.59 Å². The monoisotopic (exact) mass is 346 g/mol. The zero-order chi connectivity index (χ0) is 18.2. The number of β-amino-alcohol motifs (C(OH)–C–C–N with tert-alkyl or cyclic N) is 1. The molecule has 0 radical (unpaired) electrons. The Bertz CT molecular complexity index is 673. The number of piperidine rings is 1. The van der Waals surface area contributed by atoms with E-state index in [1.807, 2.05) is 45.0 Å². The lowest BCUT2D eigenvalue weighted by molar-refractivity contribution is -0.179. The standard InChI is InChI=1S/C19H26N2O4/c1-4-20(5-2)17(23)16-14-12-19(3,21(10-11-22)18(16)24)25-15-9-7-6-8-13(14)15/h6-9,14,16,22H,4-5,10-12H2,1-3H3/t14-,16-,19+/m1/s1. The summed E-state index contributed by atoms with van der Waals surface area (Å²) in [6.07, 6.45) is 0.549. The summed E-state index contributed by atoms with van der Waals surface area (Å²) in [5, 5.41) is 9.42. The van der Waals surface area contributed by atoms with Crippen molar-refractivity contribution in [2.45, 2.75) is 38.8 Å². The predicted molar refractivity (Wildman–Crippen MR) is 93.0 cm³/mol. The highest BCUT2D eigenvalue weighted by atomic mass is 16.5. The van der Waals surface area contributed by atoms with Crippen molar-refractivity contribution in [2.24, 2.45) is 5.92 Å². The Labute approximate surface area is 148 Å². The van der Waals surface area contributed by atoms with Gasteiger partial charge in [-0.2, -0.15) is 0 Å². The Balaban J connectivity index is 2.09. The Morgan fingerprint density at radius 1 is 1.36 bits per heavy atom. The van der Waals surface area contributed by atoms with Gasteiger partial charge in [0.25, 0.3) is 0 Å². The number of benzene rings is 1. The maximum absolute atomic E-state index is 13.2. The predicted octanol–water partition coefficient (Wildman–Crippen LogP) is 1.59. The molecular weight excluding hydrogens is 320 g/mol. The summed E-state index contributed by atoms with van der Waals surface area (Å²) in [6, 6.07) is 7.62. The zero-order valence-corrected chi connectivity index (χ0v) is 15.1. The molecule has 1 aromatic rings. The van der Waals surface area contributed by atoms with Crippen LogP contribution in [-0.2, 0) is 9.59 Å². The van der Waals surface area contributed by atoms with Gasteiger partial charge in [0, 0.05) is 32.0 Å². The third kappa shape index (κ3) is 2.78. The molecular formula is C19H26N2O4. The molecule has 1 saturated heterocycles. The first-order chi connectivity index (χ1) is 12.0.